The van der Waals surface area contributed by atoms with Gasteiger partial charge in [-0.2, -0.15) is 0 Å². The van der Waals surface area contributed by atoms with Crippen LogP contribution in [-0.2, 0) is 5.75 Å². The van der Waals surface area contributed by atoms with Gasteiger partial charge in [0.05, 0.1) is 16.5 Å². The third-order valence-corrected chi connectivity index (χ3v) is 5.10. The highest BCUT2D eigenvalue weighted by atomic mass is 35.5. The molecule has 0 unspecified atom stereocenters. The molecule has 0 bridgehead atoms. The fourth-order valence-corrected chi connectivity index (χ4v) is 3.58. The maximum absolute atomic E-state index is 12.2. The Hall–Kier alpha value is -1.61. The molecule has 1 aromatic carbocycles. The summed E-state index contributed by atoms with van der Waals surface area (Å²) in [4.78, 5) is 20.4. The number of carbonyl (C=O) groups excluding carboxylic acids is 1. The van der Waals surface area contributed by atoms with Crippen LogP contribution in [0.3, 0.4) is 0 Å². The van der Waals surface area contributed by atoms with Gasteiger partial charge in [0.1, 0.15) is 0 Å². The number of thioether (sulfide) groups is 2. The fraction of sp³-hybridized carbons (Fsp3) is 0.133. The van der Waals surface area contributed by atoms with Gasteiger partial charge in [-0.15, -0.1) is 10.2 Å². The average Bonchev–Trinajstić information content (AvgIpc) is 3.07. The molecule has 2 heterocycles. The monoisotopic (exact) mass is 412 g/mol. The Labute approximate surface area is 161 Å². The third kappa shape index (κ3) is 5.18. The number of hydrogen-bond acceptors (Lipinski definition) is 8. The number of nitrogens with zero attached hydrogens (tertiary/aromatic N) is 4. The molecule has 3 aromatic rings. The van der Waals surface area contributed by atoms with Crippen molar-refractivity contribution in [1.29, 1.82) is 0 Å². The molecule has 25 heavy (non-hydrogen) atoms. The molecule has 0 spiro atoms. The van der Waals surface area contributed by atoms with Gasteiger partial charge in [-0.25, -0.2) is 9.97 Å². The molecule has 10 heteroatoms. The van der Waals surface area contributed by atoms with E-state index in [4.69, 9.17) is 27.6 Å². The molecule has 2 aromatic heterocycles. The van der Waals surface area contributed by atoms with Crippen molar-refractivity contribution in [2.45, 2.75) is 16.1 Å². The van der Waals surface area contributed by atoms with Crippen LogP contribution in [0, 0.1) is 0 Å². The second-order valence-corrected chi connectivity index (χ2v) is 7.33. The lowest BCUT2D eigenvalue weighted by Gasteiger charge is -2.02. The van der Waals surface area contributed by atoms with Crippen molar-refractivity contribution in [3.63, 3.8) is 0 Å². The van der Waals surface area contributed by atoms with Gasteiger partial charge in [0.25, 0.3) is 5.22 Å². The van der Waals surface area contributed by atoms with Crippen LogP contribution in [0.2, 0.25) is 10.0 Å². The van der Waals surface area contributed by atoms with Gasteiger partial charge in [0, 0.05) is 23.0 Å². The summed E-state index contributed by atoms with van der Waals surface area (Å²) < 4.78 is 5.50. The topological polar surface area (TPSA) is 81.8 Å². The van der Waals surface area contributed by atoms with Crippen molar-refractivity contribution < 1.29 is 9.21 Å². The van der Waals surface area contributed by atoms with Crippen LogP contribution in [0.15, 0.2) is 51.5 Å². The number of carbonyl (C=O) groups is 1. The van der Waals surface area contributed by atoms with Gasteiger partial charge >= 0.3 is 0 Å². The third-order valence-electron chi connectivity index (χ3n) is 2.87. The van der Waals surface area contributed by atoms with Crippen molar-refractivity contribution in [3.8, 4) is 0 Å². The van der Waals surface area contributed by atoms with Gasteiger partial charge in [-0.1, -0.05) is 46.7 Å². The molecule has 0 radical (unpaired) electrons. The minimum atomic E-state index is -0.140. The van der Waals surface area contributed by atoms with Crippen LogP contribution in [0.25, 0.3) is 0 Å². The summed E-state index contributed by atoms with van der Waals surface area (Å²) in [6.45, 7) is 0. The van der Waals surface area contributed by atoms with Gasteiger partial charge in [-0.3, -0.25) is 4.79 Å². The summed E-state index contributed by atoms with van der Waals surface area (Å²) >= 11 is 14.4. The number of hydrogen-bond donors (Lipinski definition) is 0. The first kappa shape index (κ1) is 18.2. The van der Waals surface area contributed by atoms with Crippen molar-refractivity contribution in [3.05, 3.63) is 58.2 Å². The molecule has 0 atom stereocenters. The number of rotatable bonds is 7. The molecular formula is C15H10Cl2N4O2S2. The SMILES string of the molecule is O=C(CSc1nnc(CSc2ncccn2)o1)c1ccc(Cl)cc1Cl. The maximum atomic E-state index is 12.2. The van der Waals surface area contributed by atoms with E-state index in [9.17, 15) is 4.79 Å². The molecule has 0 saturated heterocycles. The van der Waals surface area contributed by atoms with E-state index in [1.807, 2.05) is 0 Å². The highest BCUT2D eigenvalue weighted by molar-refractivity contribution is 7.99. The van der Waals surface area contributed by atoms with Crippen LogP contribution < -0.4 is 0 Å². The Bertz CT molecular complexity index is 877. The predicted octanol–water partition coefficient (Wildman–Crippen LogP) is 4.43. The zero-order valence-electron chi connectivity index (χ0n) is 12.6. The molecule has 0 N–H and O–H groups in total. The maximum Gasteiger partial charge on any atom is 0.277 e. The second kappa shape index (κ2) is 8.66. The second-order valence-electron chi connectivity index (χ2n) is 4.62. The smallest absolute Gasteiger partial charge is 0.277 e. The van der Waals surface area contributed by atoms with Crippen LogP contribution in [-0.4, -0.2) is 31.7 Å². The van der Waals surface area contributed by atoms with Gasteiger partial charge in [0.15, 0.2) is 10.9 Å². The zero-order valence-corrected chi connectivity index (χ0v) is 15.7. The van der Waals surface area contributed by atoms with E-state index in [1.54, 1.807) is 30.6 Å². The molecule has 0 saturated carbocycles. The Morgan fingerprint density at radius 3 is 2.68 bits per heavy atom. The number of ketones is 1. The summed E-state index contributed by atoms with van der Waals surface area (Å²) in [7, 11) is 0. The molecule has 0 amide bonds. The minimum absolute atomic E-state index is 0.137. The Morgan fingerprint density at radius 1 is 1.12 bits per heavy atom. The van der Waals surface area contributed by atoms with E-state index in [0.29, 0.717) is 37.6 Å². The Kier molecular flexibility index (Phi) is 6.30. The summed E-state index contributed by atoms with van der Waals surface area (Å²) in [5, 5.41) is 9.61. The molecule has 0 aliphatic carbocycles. The van der Waals surface area contributed by atoms with Gasteiger partial charge < -0.3 is 4.42 Å². The summed E-state index contributed by atoms with van der Waals surface area (Å²) in [5.74, 6) is 0.891. The highest BCUT2D eigenvalue weighted by Crippen LogP contribution is 2.25. The van der Waals surface area contributed by atoms with Gasteiger partial charge in [0.2, 0.25) is 5.89 Å². The fourth-order valence-electron chi connectivity index (χ4n) is 1.76. The minimum Gasteiger partial charge on any atom is -0.415 e. The predicted molar refractivity (Wildman–Crippen MR) is 97.4 cm³/mol. The number of halogens is 2. The van der Waals surface area contributed by atoms with Gasteiger partial charge in [-0.05, 0) is 24.3 Å². The number of benzene rings is 1. The van der Waals surface area contributed by atoms with Crippen molar-refractivity contribution in [1.82, 2.24) is 20.2 Å². The van der Waals surface area contributed by atoms with Crippen LogP contribution in [0.5, 0.6) is 0 Å². The van der Waals surface area contributed by atoms with Crippen LogP contribution in [0.1, 0.15) is 16.2 Å². The molecule has 128 valence electrons. The largest absolute Gasteiger partial charge is 0.415 e. The average molecular weight is 413 g/mol. The van der Waals surface area contributed by atoms with E-state index >= 15 is 0 Å². The molecular weight excluding hydrogens is 403 g/mol. The highest BCUT2D eigenvalue weighted by Gasteiger charge is 2.14. The first-order valence-corrected chi connectivity index (χ1v) is 9.68. The standard InChI is InChI=1S/C15H10Cl2N4O2S2/c16-9-2-3-10(11(17)6-9)12(22)7-25-15-21-20-13(23-15)8-24-14-18-4-1-5-19-14/h1-6H,7-8H2. The summed E-state index contributed by atoms with van der Waals surface area (Å²) in [5.41, 5.74) is 0.412. The molecule has 6 nitrogen and oxygen atoms in total. The lowest BCUT2D eigenvalue weighted by Crippen LogP contribution is -2.03. The molecule has 0 aliphatic rings. The van der Waals surface area contributed by atoms with E-state index in [0.717, 1.165) is 11.8 Å². The van der Waals surface area contributed by atoms with Crippen molar-refractivity contribution >= 4 is 52.5 Å². The van der Waals surface area contributed by atoms with E-state index in [2.05, 4.69) is 20.2 Å². The zero-order chi connectivity index (χ0) is 17.6. The Morgan fingerprint density at radius 2 is 1.92 bits per heavy atom. The molecule has 0 fully saturated rings. The first-order valence-electron chi connectivity index (χ1n) is 6.95. The Balaban J connectivity index is 1.53. The lowest BCUT2D eigenvalue weighted by molar-refractivity contribution is 0.102. The quantitative estimate of drug-likeness (QED) is 0.320. The summed E-state index contributed by atoms with van der Waals surface area (Å²) in [6, 6.07) is 6.51. The number of aromatic nitrogens is 4. The van der Waals surface area contributed by atoms with E-state index in [1.165, 1.54) is 17.8 Å². The lowest BCUT2D eigenvalue weighted by atomic mass is 10.1. The normalized spacial score (nSPS) is 10.8. The van der Waals surface area contributed by atoms with Crippen molar-refractivity contribution in [2.75, 3.05) is 5.75 Å². The van der Waals surface area contributed by atoms with E-state index in [-0.39, 0.29) is 11.5 Å². The molecule has 3 rings (SSSR count). The van der Waals surface area contributed by atoms with Crippen LogP contribution >= 0.6 is 46.7 Å². The number of Topliss-reactive ketones (excluding diaryl/α,β-unsaturated/α-hetero) is 1. The molecule has 0 aliphatic heterocycles. The summed E-state index contributed by atoms with van der Waals surface area (Å²) in [6.07, 6.45) is 3.33. The van der Waals surface area contributed by atoms with Crippen LogP contribution in [0.4, 0.5) is 0 Å². The van der Waals surface area contributed by atoms with E-state index < -0.39 is 0 Å². The first-order chi connectivity index (χ1) is 12.1. The van der Waals surface area contributed by atoms with Crippen molar-refractivity contribution in [2.24, 2.45) is 0 Å².